The van der Waals surface area contributed by atoms with Crippen molar-refractivity contribution in [1.29, 1.82) is 0 Å². The average Bonchev–Trinajstić information content (AvgIpc) is 2.48. The largest absolute Gasteiger partial charge is 0.480 e. The van der Waals surface area contributed by atoms with Crippen LogP contribution in [0.5, 0.6) is 5.88 Å². The van der Waals surface area contributed by atoms with Gasteiger partial charge in [0.2, 0.25) is 17.7 Å². The number of anilines is 1. The van der Waals surface area contributed by atoms with Gasteiger partial charge in [-0.3, -0.25) is 4.79 Å². The summed E-state index contributed by atoms with van der Waals surface area (Å²) in [5.41, 5.74) is 0. The lowest BCUT2D eigenvalue weighted by Gasteiger charge is -2.41. The Bertz CT molecular complexity index is 533. The van der Waals surface area contributed by atoms with Crippen LogP contribution in [0.3, 0.4) is 0 Å². The quantitative estimate of drug-likeness (QED) is 0.795. The van der Waals surface area contributed by atoms with Crippen molar-refractivity contribution in [3.63, 3.8) is 0 Å². The van der Waals surface area contributed by atoms with Crippen LogP contribution in [0, 0.1) is 5.92 Å². The Balaban J connectivity index is 1.58. The maximum absolute atomic E-state index is 12.4. The first-order valence-corrected chi connectivity index (χ1v) is 8.82. The van der Waals surface area contributed by atoms with Crippen molar-refractivity contribution in [3.05, 3.63) is 10.7 Å². The van der Waals surface area contributed by atoms with Gasteiger partial charge in [-0.1, -0.05) is 0 Å². The summed E-state index contributed by atoms with van der Waals surface area (Å²) >= 11 is 5.25. The molecular weight excluding hydrogens is 356 g/mol. The number of carbonyl (C=O) groups is 1. The van der Waals surface area contributed by atoms with E-state index >= 15 is 0 Å². The number of ether oxygens (including phenoxy) is 1. The highest BCUT2D eigenvalue weighted by Crippen LogP contribution is 2.28. The summed E-state index contributed by atoms with van der Waals surface area (Å²) < 4.78 is 5.90. The Hall–Kier alpha value is -1.02. The molecule has 114 valence electrons. The van der Waals surface area contributed by atoms with Gasteiger partial charge in [0.15, 0.2) is 0 Å². The summed E-state index contributed by atoms with van der Waals surface area (Å²) in [6, 6.07) is 0. The fourth-order valence-electron chi connectivity index (χ4n) is 2.48. The van der Waals surface area contributed by atoms with E-state index in [9.17, 15) is 4.79 Å². The van der Waals surface area contributed by atoms with Gasteiger partial charge in [0.05, 0.1) is 23.7 Å². The number of amides is 1. The Morgan fingerprint density at radius 1 is 1.43 bits per heavy atom. The Kier molecular flexibility index (Phi) is 4.54. The number of carbonyl (C=O) groups excluding carboxylic acids is 1. The van der Waals surface area contributed by atoms with Crippen molar-refractivity contribution in [1.82, 2.24) is 14.9 Å². The number of rotatable bonds is 3. The third kappa shape index (κ3) is 3.11. The van der Waals surface area contributed by atoms with E-state index in [1.54, 1.807) is 13.3 Å². The van der Waals surface area contributed by atoms with Gasteiger partial charge in [-0.2, -0.15) is 16.7 Å². The average molecular weight is 373 g/mol. The van der Waals surface area contributed by atoms with Gasteiger partial charge in [0.25, 0.3) is 0 Å². The molecule has 2 saturated heterocycles. The summed E-state index contributed by atoms with van der Waals surface area (Å²) in [6.07, 6.45) is 1.68. The Morgan fingerprint density at radius 2 is 2.14 bits per heavy atom. The molecule has 21 heavy (non-hydrogen) atoms. The van der Waals surface area contributed by atoms with E-state index in [4.69, 9.17) is 4.74 Å². The SMILES string of the molecule is COc1nc(N2CC(C(=O)N3CCSCC3)C2)ncc1Br. The highest BCUT2D eigenvalue weighted by molar-refractivity contribution is 9.10. The van der Waals surface area contributed by atoms with Crippen LogP contribution >= 0.6 is 27.7 Å². The zero-order valence-electron chi connectivity index (χ0n) is 11.8. The number of hydrogen-bond acceptors (Lipinski definition) is 6. The second-order valence-electron chi connectivity index (χ2n) is 5.07. The minimum Gasteiger partial charge on any atom is -0.480 e. The van der Waals surface area contributed by atoms with Gasteiger partial charge in [0.1, 0.15) is 0 Å². The monoisotopic (exact) mass is 372 g/mol. The first-order chi connectivity index (χ1) is 10.2. The van der Waals surface area contributed by atoms with Gasteiger partial charge in [-0.25, -0.2) is 4.98 Å². The Labute approximate surface area is 136 Å². The molecule has 0 atom stereocenters. The molecule has 3 heterocycles. The molecule has 2 aliphatic rings. The van der Waals surface area contributed by atoms with Crippen LogP contribution in [-0.2, 0) is 4.79 Å². The molecule has 0 bridgehead atoms. The van der Waals surface area contributed by atoms with Gasteiger partial charge >= 0.3 is 0 Å². The second kappa shape index (κ2) is 6.39. The molecule has 0 N–H and O–H groups in total. The lowest BCUT2D eigenvalue weighted by Crippen LogP contribution is -2.56. The molecule has 0 aromatic carbocycles. The second-order valence-corrected chi connectivity index (χ2v) is 7.15. The van der Waals surface area contributed by atoms with Crippen LogP contribution in [0.4, 0.5) is 5.95 Å². The lowest BCUT2D eigenvalue weighted by molar-refractivity contribution is -0.135. The molecule has 0 unspecified atom stereocenters. The minimum atomic E-state index is 0.0753. The summed E-state index contributed by atoms with van der Waals surface area (Å²) in [7, 11) is 1.58. The molecule has 1 amide bonds. The van der Waals surface area contributed by atoms with Crippen LogP contribution in [-0.4, -0.2) is 65.6 Å². The molecular formula is C13H17BrN4O2S. The van der Waals surface area contributed by atoms with Crippen molar-refractivity contribution < 1.29 is 9.53 Å². The number of aromatic nitrogens is 2. The highest BCUT2D eigenvalue weighted by atomic mass is 79.9. The van der Waals surface area contributed by atoms with E-state index in [1.807, 2.05) is 21.6 Å². The third-order valence-corrected chi connectivity index (χ3v) is 5.22. The first kappa shape index (κ1) is 14.9. The molecule has 2 fully saturated rings. The normalized spacial score (nSPS) is 19.3. The zero-order valence-corrected chi connectivity index (χ0v) is 14.2. The van der Waals surface area contributed by atoms with E-state index < -0.39 is 0 Å². The molecule has 2 aliphatic heterocycles. The zero-order chi connectivity index (χ0) is 14.8. The molecule has 1 aromatic heterocycles. The maximum Gasteiger partial charge on any atom is 0.232 e. The molecule has 6 nitrogen and oxygen atoms in total. The molecule has 0 spiro atoms. The lowest BCUT2D eigenvalue weighted by atomic mass is 9.99. The van der Waals surface area contributed by atoms with Crippen LogP contribution in [0.1, 0.15) is 0 Å². The van der Waals surface area contributed by atoms with Crippen LogP contribution in [0.15, 0.2) is 10.7 Å². The van der Waals surface area contributed by atoms with Gasteiger partial charge in [-0.15, -0.1) is 0 Å². The minimum absolute atomic E-state index is 0.0753. The predicted octanol–water partition coefficient (Wildman–Crippen LogP) is 1.26. The van der Waals surface area contributed by atoms with Crippen molar-refractivity contribution >= 4 is 39.5 Å². The van der Waals surface area contributed by atoms with E-state index in [1.165, 1.54) is 0 Å². The Morgan fingerprint density at radius 3 is 2.81 bits per heavy atom. The smallest absolute Gasteiger partial charge is 0.232 e. The van der Waals surface area contributed by atoms with Gasteiger partial charge < -0.3 is 14.5 Å². The molecule has 3 rings (SSSR count). The molecule has 0 saturated carbocycles. The standard InChI is InChI=1S/C13H17BrN4O2S/c1-20-11-10(14)6-15-13(16-11)18-7-9(8-18)12(19)17-2-4-21-5-3-17/h6,9H,2-5,7-8H2,1H3. The van der Waals surface area contributed by atoms with Gasteiger partial charge in [0, 0.05) is 37.7 Å². The summed E-state index contributed by atoms with van der Waals surface area (Å²) in [5.74, 6) is 3.59. The van der Waals surface area contributed by atoms with Crippen LogP contribution in [0.2, 0.25) is 0 Å². The summed E-state index contributed by atoms with van der Waals surface area (Å²) in [5, 5.41) is 0. The summed E-state index contributed by atoms with van der Waals surface area (Å²) in [4.78, 5) is 25.0. The van der Waals surface area contributed by atoms with E-state index in [2.05, 4.69) is 25.9 Å². The molecule has 8 heteroatoms. The van der Waals surface area contributed by atoms with E-state index in [-0.39, 0.29) is 11.8 Å². The summed E-state index contributed by atoms with van der Waals surface area (Å²) in [6.45, 7) is 3.13. The van der Waals surface area contributed by atoms with Crippen molar-refractivity contribution in [3.8, 4) is 5.88 Å². The van der Waals surface area contributed by atoms with E-state index in [0.29, 0.717) is 24.9 Å². The number of methoxy groups -OCH3 is 1. The third-order valence-electron chi connectivity index (χ3n) is 3.73. The van der Waals surface area contributed by atoms with E-state index in [0.717, 1.165) is 29.1 Å². The number of nitrogens with zero attached hydrogens (tertiary/aromatic N) is 4. The highest BCUT2D eigenvalue weighted by Gasteiger charge is 2.37. The van der Waals surface area contributed by atoms with Crippen LogP contribution in [0.25, 0.3) is 0 Å². The fraction of sp³-hybridized carbons (Fsp3) is 0.615. The van der Waals surface area contributed by atoms with Crippen LogP contribution < -0.4 is 9.64 Å². The maximum atomic E-state index is 12.4. The fourth-order valence-corrected chi connectivity index (χ4v) is 3.73. The number of halogens is 1. The topological polar surface area (TPSA) is 58.6 Å². The first-order valence-electron chi connectivity index (χ1n) is 6.87. The number of thioether (sulfide) groups is 1. The van der Waals surface area contributed by atoms with Crippen molar-refractivity contribution in [2.45, 2.75) is 0 Å². The number of hydrogen-bond donors (Lipinski definition) is 0. The van der Waals surface area contributed by atoms with Gasteiger partial charge in [-0.05, 0) is 15.9 Å². The predicted molar refractivity (Wildman–Crippen MR) is 85.9 cm³/mol. The molecule has 0 radical (unpaired) electrons. The van der Waals surface area contributed by atoms with Crippen molar-refractivity contribution in [2.24, 2.45) is 5.92 Å². The molecule has 1 aromatic rings. The molecule has 0 aliphatic carbocycles. The van der Waals surface area contributed by atoms with Crippen molar-refractivity contribution in [2.75, 3.05) is 49.7 Å².